The Hall–Kier alpha value is -1.01. The van der Waals surface area contributed by atoms with Crippen molar-refractivity contribution < 1.29 is 8.42 Å². The van der Waals surface area contributed by atoms with Crippen LogP contribution < -0.4 is 5.14 Å². The molecule has 1 aromatic heterocycles. The van der Waals surface area contributed by atoms with Crippen molar-refractivity contribution in [1.82, 2.24) is 9.97 Å². The first kappa shape index (κ1) is 12.1. The van der Waals surface area contributed by atoms with E-state index in [4.69, 9.17) is 5.14 Å². The molecule has 1 heterocycles. The third kappa shape index (κ3) is 2.97. The molecule has 0 saturated carbocycles. The molecule has 0 amide bonds. The van der Waals surface area contributed by atoms with Crippen molar-refractivity contribution in [3.63, 3.8) is 0 Å². The molecule has 0 spiro atoms. The van der Waals surface area contributed by atoms with Crippen LogP contribution in [0.4, 0.5) is 0 Å². The average molecular weight is 229 g/mol. The Bertz CT molecular complexity index is 427. The fourth-order valence-corrected chi connectivity index (χ4v) is 1.87. The van der Waals surface area contributed by atoms with Gasteiger partial charge in [-0.2, -0.15) is 0 Å². The minimum atomic E-state index is -3.53. The van der Waals surface area contributed by atoms with E-state index in [9.17, 15) is 8.42 Å². The molecule has 0 saturated heterocycles. The van der Waals surface area contributed by atoms with Gasteiger partial charge in [0.25, 0.3) is 0 Å². The highest BCUT2D eigenvalue weighted by Gasteiger charge is 2.25. The molecule has 0 aliphatic carbocycles. The molecule has 1 aromatic rings. The van der Waals surface area contributed by atoms with E-state index >= 15 is 0 Å². The van der Waals surface area contributed by atoms with Gasteiger partial charge in [-0.1, -0.05) is 6.92 Å². The van der Waals surface area contributed by atoms with Gasteiger partial charge in [0.1, 0.15) is 0 Å². The van der Waals surface area contributed by atoms with E-state index in [1.54, 1.807) is 26.2 Å². The Kier molecular flexibility index (Phi) is 3.41. The third-order valence-corrected chi connectivity index (χ3v) is 3.93. The van der Waals surface area contributed by atoms with E-state index in [1.165, 1.54) is 0 Å². The maximum Gasteiger partial charge on any atom is 0.212 e. The molecule has 2 atom stereocenters. The van der Waals surface area contributed by atoms with Gasteiger partial charge in [-0.05, 0) is 13.8 Å². The van der Waals surface area contributed by atoms with Crippen LogP contribution in [-0.2, 0) is 10.0 Å². The van der Waals surface area contributed by atoms with Gasteiger partial charge < -0.3 is 0 Å². The number of hydrogen-bond acceptors (Lipinski definition) is 4. The molecule has 15 heavy (non-hydrogen) atoms. The van der Waals surface area contributed by atoms with E-state index in [0.717, 1.165) is 5.69 Å². The molecular formula is C9H15N3O2S. The lowest BCUT2D eigenvalue weighted by Gasteiger charge is -2.16. The van der Waals surface area contributed by atoms with E-state index in [-0.39, 0.29) is 5.92 Å². The zero-order chi connectivity index (χ0) is 11.6. The standard InChI is InChI=1S/C9H15N3O2S/c1-6-4-12-9(5-11-6)7(2)8(3)15(10,13)14/h4-5,7-8H,1-3H3,(H2,10,13,14). The number of sulfonamides is 1. The number of nitrogens with zero attached hydrogens (tertiary/aromatic N) is 2. The zero-order valence-corrected chi connectivity index (χ0v) is 9.82. The molecule has 0 aliphatic heterocycles. The SMILES string of the molecule is Cc1cnc(C(C)C(C)S(N)(=O)=O)cn1. The quantitative estimate of drug-likeness (QED) is 0.820. The summed E-state index contributed by atoms with van der Waals surface area (Å²) in [6.07, 6.45) is 3.20. The average Bonchev–Trinajstić information content (AvgIpc) is 2.15. The molecule has 6 heteroatoms. The highest BCUT2D eigenvalue weighted by atomic mass is 32.2. The van der Waals surface area contributed by atoms with Crippen molar-refractivity contribution in [2.45, 2.75) is 31.9 Å². The first-order valence-electron chi connectivity index (χ1n) is 4.62. The minimum absolute atomic E-state index is 0.256. The number of aryl methyl sites for hydroxylation is 1. The summed E-state index contributed by atoms with van der Waals surface area (Å²) in [5, 5.41) is 4.41. The lowest BCUT2D eigenvalue weighted by Crippen LogP contribution is -2.30. The summed E-state index contributed by atoms with van der Waals surface area (Å²) in [5.41, 5.74) is 1.44. The van der Waals surface area contributed by atoms with Crippen molar-refractivity contribution >= 4 is 10.0 Å². The molecule has 2 unspecified atom stereocenters. The fraction of sp³-hybridized carbons (Fsp3) is 0.556. The van der Waals surface area contributed by atoms with Crippen molar-refractivity contribution in [2.24, 2.45) is 5.14 Å². The fourth-order valence-electron chi connectivity index (χ4n) is 1.16. The van der Waals surface area contributed by atoms with Crippen LogP contribution in [0, 0.1) is 6.92 Å². The summed E-state index contributed by atoms with van der Waals surface area (Å²) < 4.78 is 22.3. The van der Waals surface area contributed by atoms with Crippen molar-refractivity contribution in [1.29, 1.82) is 0 Å². The Morgan fingerprint density at radius 1 is 1.27 bits per heavy atom. The number of primary sulfonamides is 1. The number of hydrogen-bond donors (Lipinski definition) is 1. The monoisotopic (exact) mass is 229 g/mol. The van der Waals surface area contributed by atoms with Crippen molar-refractivity contribution in [3.05, 3.63) is 23.8 Å². The van der Waals surface area contributed by atoms with E-state index in [2.05, 4.69) is 9.97 Å². The van der Waals surface area contributed by atoms with E-state index in [0.29, 0.717) is 5.69 Å². The number of nitrogens with two attached hydrogens (primary N) is 1. The van der Waals surface area contributed by atoms with Crippen molar-refractivity contribution in [3.8, 4) is 0 Å². The normalized spacial score (nSPS) is 16.0. The van der Waals surface area contributed by atoms with Gasteiger partial charge in [0.05, 0.1) is 16.6 Å². The summed E-state index contributed by atoms with van der Waals surface area (Å²) in [5.74, 6) is -0.256. The second kappa shape index (κ2) is 4.24. The van der Waals surface area contributed by atoms with Crippen LogP contribution in [0.1, 0.15) is 31.2 Å². The first-order chi connectivity index (χ1) is 6.82. The molecule has 0 radical (unpaired) electrons. The highest BCUT2D eigenvalue weighted by Crippen LogP contribution is 2.20. The van der Waals surface area contributed by atoms with Crippen LogP contribution in [0.15, 0.2) is 12.4 Å². The van der Waals surface area contributed by atoms with Gasteiger partial charge in [0, 0.05) is 18.3 Å². The summed E-state index contributed by atoms with van der Waals surface area (Å²) >= 11 is 0. The Morgan fingerprint density at radius 2 is 1.87 bits per heavy atom. The molecule has 0 aromatic carbocycles. The van der Waals surface area contributed by atoms with Gasteiger partial charge in [0.15, 0.2) is 0 Å². The zero-order valence-electron chi connectivity index (χ0n) is 9.01. The molecular weight excluding hydrogens is 214 g/mol. The maximum atomic E-state index is 11.1. The van der Waals surface area contributed by atoms with Gasteiger partial charge in [0.2, 0.25) is 10.0 Å². The summed E-state index contributed by atoms with van der Waals surface area (Å²) in [6.45, 7) is 5.17. The Balaban J connectivity index is 2.95. The second-order valence-corrected chi connectivity index (χ2v) is 5.59. The predicted molar refractivity (Wildman–Crippen MR) is 57.8 cm³/mol. The van der Waals surface area contributed by atoms with Crippen LogP contribution in [0.2, 0.25) is 0 Å². The summed E-state index contributed by atoms with van der Waals surface area (Å²) in [7, 11) is -3.53. The van der Waals surface area contributed by atoms with E-state index in [1.807, 2.05) is 6.92 Å². The predicted octanol–water partition coefficient (Wildman–Crippen LogP) is 0.566. The third-order valence-electron chi connectivity index (χ3n) is 2.49. The summed E-state index contributed by atoms with van der Waals surface area (Å²) in [4.78, 5) is 8.20. The number of rotatable bonds is 3. The van der Waals surface area contributed by atoms with Crippen LogP contribution in [0.5, 0.6) is 0 Å². The molecule has 0 fully saturated rings. The molecule has 5 nitrogen and oxygen atoms in total. The molecule has 0 bridgehead atoms. The lowest BCUT2D eigenvalue weighted by molar-refractivity contribution is 0.568. The Labute approximate surface area is 89.8 Å². The molecule has 0 aliphatic rings. The maximum absolute atomic E-state index is 11.1. The largest absolute Gasteiger partial charge is 0.258 e. The topological polar surface area (TPSA) is 85.9 Å². The molecule has 1 rings (SSSR count). The second-order valence-electron chi connectivity index (χ2n) is 3.67. The van der Waals surface area contributed by atoms with Crippen LogP contribution in [0.25, 0.3) is 0 Å². The summed E-state index contributed by atoms with van der Waals surface area (Å²) in [6, 6.07) is 0. The molecule has 2 N–H and O–H groups in total. The minimum Gasteiger partial charge on any atom is -0.258 e. The van der Waals surface area contributed by atoms with Crippen LogP contribution in [-0.4, -0.2) is 23.6 Å². The first-order valence-corrected chi connectivity index (χ1v) is 6.23. The number of aromatic nitrogens is 2. The van der Waals surface area contributed by atoms with Crippen molar-refractivity contribution in [2.75, 3.05) is 0 Å². The van der Waals surface area contributed by atoms with Gasteiger partial charge in [-0.25, -0.2) is 13.6 Å². The molecule has 84 valence electrons. The van der Waals surface area contributed by atoms with Gasteiger partial charge >= 0.3 is 0 Å². The van der Waals surface area contributed by atoms with Gasteiger partial charge in [-0.15, -0.1) is 0 Å². The Morgan fingerprint density at radius 3 is 2.27 bits per heavy atom. The van der Waals surface area contributed by atoms with Crippen LogP contribution in [0.3, 0.4) is 0 Å². The van der Waals surface area contributed by atoms with Crippen LogP contribution >= 0.6 is 0 Å². The lowest BCUT2D eigenvalue weighted by atomic mass is 10.1. The van der Waals surface area contributed by atoms with Gasteiger partial charge in [-0.3, -0.25) is 9.97 Å². The highest BCUT2D eigenvalue weighted by molar-refractivity contribution is 7.89. The van der Waals surface area contributed by atoms with E-state index < -0.39 is 15.3 Å². The smallest absolute Gasteiger partial charge is 0.212 e.